The first-order valence-corrected chi connectivity index (χ1v) is 5.66. The molecule has 7 nitrogen and oxygen atoms in total. The van der Waals surface area contributed by atoms with Gasteiger partial charge in [0.05, 0.1) is 5.92 Å². The highest BCUT2D eigenvalue weighted by Gasteiger charge is 2.35. The highest BCUT2D eigenvalue weighted by Crippen LogP contribution is 2.19. The van der Waals surface area contributed by atoms with Crippen molar-refractivity contribution in [1.82, 2.24) is 4.90 Å². The van der Waals surface area contributed by atoms with Gasteiger partial charge in [0.2, 0.25) is 0 Å². The van der Waals surface area contributed by atoms with Gasteiger partial charge in [-0.2, -0.15) is 0 Å². The standard InChI is InChI=1S/C12H13N3O4/c13-12(19)14-9-3-1-7(2-4-9)10(16)15-5-8(6-15)11(17)18/h1-4,8H,5-6H2,(H,17,18)(H3,13,14,19). The molecule has 0 bridgehead atoms. The Kier molecular flexibility index (Phi) is 3.37. The average Bonchev–Trinajstić information content (AvgIpc) is 2.26. The van der Waals surface area contributed by atoms with Gasteiger partial charge in [0.25, 0.3) is 5.91 Å². The number of nitrogens with zero attached hydrogens (tertiary/aromatic N) is 1. The van der Waals surface area contributed by atoms with Crippen LogP contribution in [0.15, 0.2) is 24.3 Å². The number of urea groups is 1. The molecule has 1 saturated heterocycles. The van der Waals surface area contributed by atoms with Crippen molar-refractivity contribution in [2.45, 2.75) is 0 Å². The molecule has 1 aliphatic rings. The van der Waals surface area contributed by atoms with Gasteiger partial charge in [-0.1, -0.05) is 0 Å². The van der Waals surface area contributed by atoms with E-state index in [-0.39, 0.29) is 19.0 Å². The molecule has 0 aliphatic carbocycles. The summed E-state index contributed by atoms with van der Waals surface area (Å²) >= 11 is 0. The minimum Gasteiger partial charge on any atom is -0.481 e. The molecule has 4 N–H and O–H groups in total. The van der Waals surface area contributed by atoms with Gasteiger partial charge in [0, 0.05) is 24.3 Å². The van der Waals surface area contributed by atoms with Crippen LogP contribution < -0.4 is 11.1 Å². The minimum atomic E-state index is -0.884. The maximum absolute atomic E-state index is 11.9. The van der Waals surface area contributed by atoms with Crippen molar-refractivity contribution in [3.8, 4) is 0 Å². The Balaban J connectivity index is 1.97. The van der Waals surface area contributed by atoms with E-state index in [1.807, 2.05) is 0 Å². The molecule has 0 saturated carbocycles. The number of anilines is 1. The fourth-order valence-corrected chi connectivity index (χ4v) is 1.82. The number of benzene rings is 1. The van der Waals surface area contributed by atoms with Crippen LogP contribution in [0.2, 0.25) is 0 Å². The summed E-state index contributed by atoms with van der Waals surface area (Å²) in [5, 5.41) is 11.1. The fraction of sp³-hybridized carbons (Fsp3) is 0.250. The molecule has 1 heterocycles. The van der Waals surface area contributed by atoms with Crippen LogP contribution in [0.1, 0.15) is 10.4 Å². The van der Waals surface area contributed by atoms with Crippen LogP contribution in [0.3, 0.4) is 0 Å². The van der Waals surface area contributed by atoms with Gasteiger partial charge in [0.1, 0.15) is 0 Å². The summed E-state index contributed by atoms with van der Waals surface area (Å²) in [5.74, 6) is -1.58. The van der Waals surface area contributed by atoms with Gasteiger partial charge in [-0.05, 0) is 24.3 Å². The second-order valence-electron chi connectivity index (χ2n) is 4.31. The molecule has 1 fully saturated rings. The number of nitrogens with two attached hydrogens (primary N) is 1. The first kappa shape index (κ1) is 12.9. The molecule has 1 aromatic carbocycles. The third kappa shape index (κ3) is 2.82. The molecule has 0 aromatic heterocycles. The maximum atomic E-state index is 11.9. The van der Waals surface area contributed by atoms with E-state index in [2.05, 4.69) is 5.32 Å². The van der Waals surface area contributed by atoms with Gasteiger partial charge >= 0.3 is 12.0 Å². The van der Waals surface area contributed by atoms with E-state index in [0.29, 0.717) is 11.3 Å². The molecule has 0 radical (unpaired) electrons. The lowest BCUT2D eigenvalue weighted by Gasteiger charge is -2.36. The zero-order chi connectivity index (χ0) is 14.0. The van der Waals surface area contributed by atoms with E-state index in [0.717, 1.165) is 0 Å². The van der Waals surface area contributed by atoms with Crippen LogP contribution in [-0.4, -0.2) is 41.0 Å². The SMILES string of the molecule is NC(=O)Nc1ccc(C(=O)N2CC(C(=O)O)C2)cc1. The molecule has 2 rings (SSSR count). The van der Waals surface area contributed by atoms with Crippen molar-refractivity contribution in [2.24, 2.45) is 11.7 Å². The molecule has 19 heavy (non-hydrogen) atoms. The highest BCUT2D eigenvalue weighted by atomic mass is 16.4. The van der Waals surface area contributed by atoms with E-state index in [9.17, 15) is 14.4 Å². The zero-order valence-corrected chi connectivity index (χ0v) is 10.00. The van der Waals surface area contributed by atoms with Crippen LogP contribution in [0.25, 0.3) is 0 Å². The summed E-state index contributed by atoms with van der Waals surface area (Å²) in [6.45, 7) is 0.463. The average molecular weight is 263 g/mol. The number of carboxylic acids is 1. The number of carboxylic acid groups (broad SMARTS) is 1. The third-order valence-electron chi connectivity index (χ3n) is 2.92. The van der Waals surface area contributed by atoms with Gasteiger partial charge in [-0.25, -0.2) is 4.79 Å². The lowest BCUT2D eigenvalue weighted by atomic mass is 9.99. The predicted molar refractivity (Wildman–Crippen MR) is 66.7 cm³/mol. The Hall–Kier alpha value is -2.57. The minimum absolute atomic E-state index is 0.219. The van der Waals surface area contributed by atoms with Crippen LogP contribution in [0.4, 0.5) is 10.5 Å². The molecule has 100 valence electrons. The Bertz CT molecular complexity index is 520. The number of rotatable bonds is 3. The topological polar surface area (TPSA) is 113 Å². The molecule has 1 aromatic rings. The second-order valence-corrected chi connectivity index (χ2v) is 4.31. The lowest BCUT2D eigenvalue weighted by Crippen LogP contribution is -2.53. The van der Waals surface area contributed by atoms with Gasteiger partial charge in [0.15, 0.2) is 0 Å². The molecule has 3 amide bonds. The summed E-state index contributed by atoms with van der Waals surface area (Å²) in [4.78, 5) is 34.7. The summed E-state index contributed by atoms with van der Waals surface area (Å²) in [6, 6.07) is 5.56. The first-order chi connectivity index (χ1) is 8.97. The van der Waals surface area contributed by atoms with Crippen molar-refractivity contribution >= 4 is 23.6 Å². The number of primary amides is 1. The number of carbonyl (C=O) groups is 3. The van der Waals surface area contributed by atoms with Crippen molar-refractivity contribution in [2.75, 3.05) is 18.4 Å². The van der Waals surface area contributed by atoms with Crippen molar-refractivity contribution in [3.05, 3.63) is 29.8 Å². The Morgan fingerprint density at radius 2 is 1.79 bits per heavy atom. The Morgan fingerprint density at radius 3 is 2.26 bits per heavy atom. The monoisotopic (exact) mass is 263 g/mol. The van der Waals surface area contributed by atoms with Crippen LogP contribution in [-0.2, 0) is 4.79 Å². The molecule has 0 atom stereocenters. The largest absolute Gasteiger partial charge is 0.481 e. The molecule has 1 aliphatic heterocycles. The second kappa shape index (κ2) is 4.97. The predicted octanol–water partition coefficient (Wildman–Crippen LogP) is 0.334. The van der Waals surface area contributed by atoms with Gasteiger partial charge in [-0.15, -0.1) is 0 Å². The molecule has 0 unspecified atom stereocenters. The molecular weight excluding hydrogens is 250 g/mol. The number of carbonyl (C=O) groups excluding carboxylic acids is 2. The molecular formula is C12H13N3O4. The summed E-state index contributed by atoms with van der Waals surface area (Å²) in [5.41, 5.74) is 5.90. The Labute approximate surface area is 109 Å². The first-order valence-electron chi connectivity index (χ1n) is 5.66. The normalized spacial score (nSPS) is 14.6. The van der Waals surface area contributed by atoms with E-state index in [1.54, 1.807) is 24.3 Å². The number of amides is 3. The fourth-order valence-electron chi connectivity index (χ4n) is 1.82. The third-order valence-corrected chi connectivity index (χ3v) is 2.92. The molecule has 0 spiro atoms. The van der Waals surface area contributed by atoms with Gasteiger partial charge in [-0.3, -0.25) is 9.59 Å². The molecule has 7 heteroatoms. The lowest BCUT2D eigenvalue weighted by molar-refractivity contribution is -0.146. The van der Waals surface area contributed by atoms with E-state index in [4.69, 9.17) is 10.8 Å². The summed E-state index contributed by atoms with van der Waals surface area (Å²) in [7, 11) is 0. The van der Waals surface area contributed by atoms with E-state index in [1.165, 1.54) is 4.90 Å². The maximum Gasteiger partial charge on any atom is 0.316 e. The van der Waals surface area contributed by atoms with Crippen molar-refractivity contribution < 1.29 is 19.5 Å². The number of aliphatic carboxylic acids is 1. The number of hydrogen-bond acceptors (Lipinski definition) is 3. The number of likely N-dealkylation sites (tertiary alicyclic amines) is 1. The number of hydrogen-bond donors (Lipinski definition) is 3. The van der Waals surface area contributed by atoms with Crippen LogP contribution >= 0.6 is 0 Å². The van der Waals surface area contributed by atoms with Gasteiger partial charge < -0.3 is 21.1 Å². The summed E-state index contributed by atoms with van der Waals surface area (Å²) in [6.07, 6.45) is 0. The van der Waals surface area contributed by atoms with E-state index >= 15 is 0 Å². The van der Waals surface area contributed by atoms with Crippen molar-refractivity contribution in [1.29, 1.82) is 0 Å². The summed E-state index contributed by atoms with van der Waals surface area (Å²) < 4.78 is 0. The van der Waals surface area contributed by atoms with Crippen LogP contribution in [0.5, 0.6) is 0 Å². The van der Waals surface area contributed by atoms with Crippen LogP contribution in [0, 0.1) is 5.92 Å². The Morgan fingerprint density at radius 1 is 1.21 bits per heavy atom. The van der Waals surface area contributed by atoms with Crippen molar-refractivity contribution in [3.63, 3.8) is 0 Å². The quantitative estimate of drug-likeness (QED) is 0.729. The smallest absolute Gasteiger partial charge is 0.316 e. The van der Waals surface area contributed by atoms with E-state index < -0.39 is 17.9 Å². The highest BCUT2D eigenvalue weighted by molar-refractivity contribution is 5.96. The number of nitrogens with one attached hydrogen (secondary N) is 1. The zero-order valence-electron chi connectivity index (χ0n) is 10.00.